The van der Waals surface area contributed by atoms with E-state index in [-0.39, 0.29) is 11.5 Å². The molecule has 0 fully saturated rings. The van der Waals surface area contributed by atoms with Crippen molar-refractivity contribution in [2.75, 3.05) is 34.9 Å². The van der Waals surface area contributed by atoms with Crippen molar-refractivity contribution in [3.63, 3.8) is 0 Å². The van der Waals surface area contributed by atoms with Gasteiger partial charge in [0.25, 0.3) is 11.5 Å². The number of amides is 1. The summed E-state index contributed by atoms with van der Waals surface area (Å²) in [7, 11) is 8.18. The van der Waals surface area contributed by atoms with E-state index < -0.39 is 0 Å². The number of likely N-dealkylation sites (N-methyl/N-ethyl adjacent to an activating group) is 1. The van der Waals surface area contributed by atoms with Crippen molar-refractivity contribution in [2.45, 2.75) is 6.42 Å². The molecule has 0 radical (unpaired) electrons. The van der Waals surface area contributed by atoms with Gasteiger partial charge < -0.3 is 23.7 Å². The highest BCUT2D eigenvalue weighted by molar-refractivity contribution is 7.22. The molecule has 33 heavy (non-hydrogen) atoms. The van der Waals surface area contributed by atoms with Crippen molar-refractivity contribution < 1.29 is 19.0 Å². The molecule has 0 saturated heterocycles. The maximum absolute atomic E-state index is 13.4. The molecule has 0 aliphatic carbocycles. The first-order valence-electron chi connectivity index (χ1n) is 10.5. The van der Waals surface area contributed by atoms with Gasteiger partial charge in [-0.05, 0) is 30.2 Å². The Labute approximate surface area is 195 Å². The molecule has 0 bridgehead atoms. The first-order chi connectivity index (χ1) is 15.9. The largest absolute Gasteiger partial charge is 0.494 e. The molecule has 2 aromatic heterocycles. The SMILES string of the molecule is COc1ccc(CCN(C)C(=O)c2sc3c(c2OC)c(=O)n(C)c2ccccc32)cc1OC. The number of carbonyl (C=O) groups is 1. The number of ether oxygens (including phenoxy) is 3. The number of nitrogens with zero attached hydrogens (tertiary/aromatic N) is 2. The fourth-order valence-electron chi connectivity index (χ4n) is 3.98. The van der Waals surface area contributed by atoms with E-state index in [0.29, 0.717) is 40.5 Å². The number of carbonyl (C=O) groups excluding carboxylic acids is 1. The minimum absolute atomic E-state index is 0.177. The number of methoxy groups -OCH3 is 3. The third kappa shape index (κ3) is 3.91. The molecule has 0 unspecified atom stereocenters. The average molecular weight is 467 g/mol. The minimum atomic E-state index is -0.181. The first kappa shape index (κ1) is 22.7. The molecule has 0 N–H and O–H groups in total. The second-order valence-corrected chi connectivity index (χ2v) is 8.74. The van der Waals surface area contributed by atoms with E-state index >= 15 is 0 Å². The Hall–Kier alpha value is -3.52. The van der Waals surface area contributed by atoms with Crippen molar-refractivity contribution in [3.8, 4) is 17.2 Å². The molecule has 8 heteroatoms. The van der Waals surface area contributed by atoms with Gasteiger partial charge in [0.1, 0.15) is 10.3 Å². The summed E-state index contributed by atoms with van der Waals surface area (Å²) in [6.45, 7) is 0.491. The van der Waals surface area contributed by atoms with Crippen LogP contribution in [-0.2, 0) is 13.5 Å². The number of thiophene rings is 1. The van der Waals surface area contributed by atoms with Crippen molar-refractivity contribution >= 4 is 38.2 Å². The molecule has 4 rings (SSSR count). The lowest BCUT2D eigenvalue weighted by Crippen LogP contribution is -2.28. The van der Waals surface area contributed by atoms with Crippen LogP contribution in [0.3, 0.4) is 0 Å². The standard InChI is InChI=1S/C25H26N2O5S/c1-26(13-12-15-10-11-18(30-3)19(14-15)31-4)25(29)23-21(32-5)20-22(33-23)16-8-6-7-9-17(16)27(2)24(20)28/h6-11,14H,12-13H2,1-5H3. The summed E-state index contributed by atoms with van der Waals surface area (Å²) in [6, 6.07) is 13.4. The summed E-state index contributed by atoms with van der Waals surface area (Å²) >= 11 is 1.30. The van der Waals surface area contributed by atoms with E-state index in [0.717, 1.165) is 21.2 Å². The van der Waals surface area contributed by atoms with Gasteiger partial charge in [-0.15, -0.1) is 11.3 Å². The van der Waals surface area contributed by atoms with Crippen LogP contribution in [0, 0.1) is 0 Å². The van der Waals surface area contributed by atoms with Crippen LogP contribution in [0.1, 0.15) is 15.2 Å². The lowest BCUT2D eigenvalue weighted by molar-refractivity contribution is 0.0798. The predicted octanol–water partition coefficient (Wildman–Crippen LogP) is 4.09. The third-order valence-corrected chi connectivity index (χ3v) is 7.01. The molecule has 7 nitrogen and oxygen atoms in total. The number of aryl methyl sites for hydroxylation is 1. The van der Waals surface area contributed by atoms with Crippen molar-refractivity contribution in [1.82, 2.24) is 9.47 Å². The van der Waals surface area contributed by atoms with Gasteiger partial charge in [0.15, 0.2) is 17.2 Å². The summed E-state index contributed by atoms with van der Waals surface area (Å²) in [5, 5.41) is 1.37. The summed E-state index contributed by atoms with van der Waals surface area (Å²) < 4.78 is 18.6. The topological polar surface area (TPSA) is 70.0 Å². The number of hydrogen-bond acceptors (Lipinski definition) is 6. The number of hydrogen-bond donors (Lipinski definition) is 0. The quantitative estimate of drug-likeness (QED) is 0.410. The molecule has 2 heterocycles. The third-order valence-electron chi connectivity index (χ3n) is 5.82. The van der Waals surface area contributed by atoms with Gasteiger partial charge in [-0.1, -0.05) is 24.3 Å². The summed E-state index contributed by atoms with van der Waals surface area (Å²) in [5.74, 6) is 1.47. The summed E-state index contributed by atoms with van der Waals surface area (Å²) in [6.07, 6.45) is 0.639. The zero-order chi connectivity index (χ0) is 23.7. The predicted molar refractivity (Wildman–Crippen MR) is 131 cm³/mol. The van der Waals surface area contributed by atoms with Gasteiger partial charge in [0.2, 0.25) is 0 Å². The fraction of sp³-hybridized carbons (Fsp3) is 0.280. The molecule has 172 valence electrons. The second kappa shape index (κ2) is 9.15. The molecular weight excluding hydrogens is 440 g/mol. The second-order valence-electron chi connectivity index (χ2n) is 7.72. The number of rotatable bonds is 7. The zero-order valence-corrected chi connectivity index (χ0v) is 20.1. The van der Waals surface area contributed by atoms with E-state index in [1.165, 1.54) is 18.4 Å². The number of aromatic nitrogens is 1. The summed E-state index contributed by atoms with van der Waals surface area (Å²) in [5.41, 5.74) is 1.67. The number of benzene rings is 2. The maximum atomic E-state index is 13.4. The van der Waals surface area contributed by atoms with Crippen LogP contribution in [0.2, 0.25) is 0 Å². The van der Waals surface area contributed by atoms with Gasteiger partial charge in [-0.25, -0.2) is 0 Å². The Morgan fingerprint density at radius 2 is 1.76 bits per heavy atom. The van der Waals surface area contributed by atoms with Crippen LogP contribution < -0.4 is 19.8 Å². The van der Waals surface area contributed by atoms with Gasteiger partial charge in [-0.3, -0.25) is 9.59 Å². The Morgan fingerprint density at radius 3 is 2.45 bits per heavy atom. The average Bonchev–Trinajstić information content (AvgIpc) is 3.25. The van der Waals surface area contributed by atoms with Crippen molar-refractivity contribution in [2.24, 2.45) is 7.05 Å². The lowest BCUT2D eigenvalue weighted by Gasteiger charge is -2.17. The van der Waals surface area contributed by atoms with Crippen LogP contribution in [0.4, 0.5) is 0 Å². The minimum Gasteiger partial charge on any atom is -0.494 e. The van der Waals surface area contributed by atoms with Crippen LogP contribution in [0.25, 0.3) is 21.0 Å². The number of fused-ring (bicyclic) bond motifs is 3. The van der Waals surface area contributed by atoms with Gasteiger partial charge in [0, 0.05) is 26.0 Å². The Morgan fingerprint density at radius 1 is 1.03 bits per heavy atom. The fourth-order valence-corrected chi connectivity index (χ4v) is 5.27. The highest BCUT2D eigenvalue weighted by Crippen LogP contribution is 2.40. The molecule has 0 saturated carbocycles. The maximum Gasteiger partial charge on any atom is 0.267 e. The van der Waals surface area contributed by atoms with E-state index in [1.807, 2.05) is 42.5 Å². The van der Waals surface area contributed by atoms with Gasteiger partial charge in [0.05, 0.1) is 31.5 Å². The first-order valence-corrected chi connectivity index (χ1v) is 11.3. The van der Waals surface area contributed by atoms with Crippen molar-refractivity contribution in [3.05, 3.63) is 63.3 Å². The Balaban J connectivity index is 1.67. The van der Waals surface area contributed by atoms with E-state index in [1.54, 1.807) is 37.8 Å². The molecule has 2 aromatic carbocycles. The molecule has 0 aliphatic heterocycles. The highest BCUT2D eigenvalue weighted by atomic mass is 32.1. The monoisotopic (exact) mass is 466 g/mol. The number of para-hydroxylation sites is 1. The molecule has 4 aromatic rings. The van der Waals surface area contributed by atoms with Crippen LogP contribution in [0.5, 0.6) is 17.2 Å². The molecule has 1 amide bonds. The number of pyridine rings is 1. The van der Waals surface area contributed by atoms with Gasteiger partial charge >= 0.3 is 0 Å². The Bertz CT molecular complexity index is 1410. The normalized spacial score (nSPS) is 11.1. The van der Waals surface area contributed by atoms with E-state index in [9.17, 15) is 9.59 Å². The van der Waals surface area contributed by atoms with Crippen LogP contribution in [-0.4, -0.2) is 50.3 Å². The van der Waals surface area contributed by atoms with E-state index in [4.69, 9.17) is 14.2 Å². The van der Waals surface area contributed by atoms with Crippen LogP contribution >= 0.6 is 11.3 Å². The smallest absolute Gasteiger partial charge is 0.267 e. The zero-order valence-electron chi connectivity index (χ0n) is 19.3. The molecule has 0 aliphatic rings. The van der Waals surface area contributed by atoms with Crippen LogP contribution in [0.15, 0.2) is 47.3 Å². The van der Waals surface area contributed by atoms with Gasteiger partial charge in [-0.2, -0.15) is 0 Å². The van der Waals surface area contributed by atoms with Crippen molar-refractivity contribution in [1.29, 1.82) is 0 Å². The van der Waals surface area contributed by atoms with E-state index in [2.05, 4.69) is 0 Å². The lowest BCUT2D eigenvalue weighted by atomic mass is 10.1. The summed E-state index contributed by atoms with van der Waals surface area (Å²) in [4.78, 5) is 28.5. The molecule has 0 atom stereocenters. The molecular formula is C25H26N2O5S. The Kier molecular flexibility index (Phi) is 6.29. The molecule has 0 spiro atoms. The highest BCUT2D eigenvalue weighted by Gasteiger charge is 2.26.